The molecule has 0 N–H and O–H groups in total. The molecule has 0 unspecified atom stereocenters. The molecule has 3 aromatic rings. The normalized spacial score (nSPS) is 16.9. The van der Waals surface area contributed by atoms with Crippen LogP contribution in [0.25, 0.3) is 0 Å². The molecule has 0 aliphatic carbocycles. The van der Waals surface area contributed by atoms with Crippen LogP contribution >= 0.6 is 11.3 Å². The van der Waals surface area contributed by atoms with E-state index >= 15 is 0 Å². The third-order valence-corrected chi connectivity index (χ3v) is 5.53. The van der Waals surface area contributed by atoms with Crippen molar-refractivity contribution < 1.29 is 4.79 Å². The van der Waals surface area contributed by atoms with Gasteiger partial charge in [0, 0.05) is 42.3 Å². The SMILES string of the molecule is N#Cc1ccc(C(=O)N2CCC[C@H](c3nccn3Cc3cscn3)C2)cc1. The van der Waals surface area contributed by atoms with E-state index in [2.05, 4.69) is 20.6 Å². The van der Waals surface area contributed by atoms with Crippen LogP contribution < -0.4 is 0 Å². The number of carbonyl (C=O) groups is 1. The molecule has 0 bridgehead atoms. The summed E-state index contributed by atoms with van der Waals surface area (Å²) in [5.74, 6) is 1.25. The first-order valence-electron chi connectivity index (χ1n) is 8.92. The molecule has 1 aliphatic heterocycles. The summed E-state index contributed by atoms with van der Waals surface area (Å²) in [5.41, 5.74) is 4.05. The molecule has 0 spiro atoms. The molecule has 1 fully saturated rings. The number of piperidine rings is 1. The number of likely N-dealkylation sites (tertiary alicyclic amines) is 1. The standard InChI is InChI=1S/C20H19N5OS/c21-10-15-3-5-16(6-4-15)20(26)25-8-1-2-17(11-25)19-22-7-9-24(19)12-18-13-27-14-23-18/h3-7,9,13-14,17H,1-2,8,11-12H2/t17-/m0/s1. The van der Waals surface area contributed by atoms with E-state index in [-0.39, 0.29) is 11.8 Å². The molecule has 6 nitrogen and oxygen atoms in total. The molecule has 7 heteroatoms. The van der Waals surface area contributed by atoms with Gasteiger partial charge in [0.1, 0.15) is 5.82 Å². The lowest BCUT2D eigenvalue weighted by molar-refractivity contribution is 0.0703. The minimum atomic E-state index is 0.0156. The summed E-state index contributed by atoms with van der Waals surface area (Å²) >= 11 is 1.59. The lowest BCUT2D eigenvalue weighted by Crippen LogP contribution is -2.39. The van der Waals surface area contributed by atoms with Crippen LogP contribution in [0.4, 0.5) is 0 Å². The quantitative estimate of drug-likeness (QED) is 0.699. The Labute approximate surface area is 161 Å². The zero-order valence-corrected chi connectivity index (χ0v) is 15.6. The number of benzene rings is 1. The summed E-state index contributed by atoms with van der Waals surface area (Å²) in [5, 5.41) is 11.0. The second kappa shape index (κ2) is 7.72. The van der Waals surface area contributed by atoms with Gasteiger partial charge in [-0.1, -0.05) is 0 Å². The number of carbonyl (C=O) groups excluding carboxylic acids is 1. The molecule has 1 saturated heterocycles. The van der Waals surface area contributed by atoms with E-state index in [9.17, 15) is 4.79 Å². The average Bonchev–Trinajstić information content (AvgIpc) is 3.40. The Bertz CT molecular complexity index is 955. The Morgan fingerprint density at radius 1 is 1.30 bits per heavy atom. The third kappa shape index (κ3) is 3.76. The maximum Gasteiger partial charge on any atom is 0.253 e. The highest BCUT2D eigenvalue weighted by Crippen LogP contribution is 2.27. The van der Waals surface area contributed by atoms with Gasteiger partial charge in [-0.25, -0.2) is 9.97 Å². The summed E-state index contributed by atoms with van der Waals surface area (Å²) in [6.07, 6.45) is 5.78. The highest BCUT2D eigenvalue weighted by molar-refractivity contribution is 7.07. The van der Waals surface area contributed by atoms with Crippen LogP contribution in [0.3, 0.4) is 0 Å². The van der Waals surface area contributed by atoms with E-state index in [4.69, 9.17) is 5.26 Å². The van der Waals surface area contributed by atoms with E-state index in [1.54, 1.807) is 35.6 Å². The Balaban J connectivity index is 1.49. The van der Waals surface area contributed by atoms with Gasteiger partial charge in [0.05, 0.1) is 29.4 Å². The summed E-state index contributed by atoms with van der Waals surface area (Å²) in [4.78, 5) is 23.7. The molecular formula is C20H19N5OS. The van der Waals surface area contributed by atoms with Gasteiger partial charge in [-0.15, -0.1) is 11.3 Å². The fourth-order valence-electron chi connectivity index (χ4n) is 3.55. The summed E-state index contributed by atoms with van der Waals surface area (Å²) in [6, 6.07) is 8.92. The van der Waals surface area contributed by atoms with Crippen molar-refractivity contribution in [3.05, 3.63) is 70.2 Å². The molecule has 2 aromatic heterocycles. The molecule has 136 valence electrons. The van der Waals surface area contributed by atoms with Crippen molar-refractivity contribution in [3.63, 3.8) is 0 Å². The highest BCUT2D eigenvalue weighted by atomic mass is 32.1. The van der Waals surface area contributed by atoms with E-state index in [1.165, 1.54) is 0 Å². The van der Waals surface area contributed by atoms with Gasteiger partial charge in [0.2, 0.25) is 0 Å². The number of nitriles is 1. The average molecular weight is 377 g/mol. The Morgan fingerprint density at radius 3 is 2.89 bits per heavy atom. The van der Waals surface area contributed by atoms with E-state index in [0.717, 1.165) is 30.9 Å². The van der Waals surface area contributed by atoms with E-state index in [1.807, 2.05) is 28.2 Å². The van der Waals surface area contributed by atoms with Gasteiger partial charge in [-0.05, 0) is 37.1 Å². The van der Waals surface area contributed by atoms with Crippen LogP contribution in [0.1, 0.15) is 46.2 Å². The van der Waals surface area contributed by atoms with Crippen molar-refractivity contribution in [2.24, 2.45) is 0 Å². The second-order valence-electron chi connectivity index (χ2n) is 6.67. The number of thiazole rings is 1. The smallest absolute Gasteiger partial charge is 0.253 e. The number of hydrogen-bond acceptors (Lipinski definition) is 5. The number of imidazole rings is 1. The van der Waals surface area contributed by atoms with Crippen molar-refractivity contribution in [2.75, 3.05) is 13.1 Å². The van der Waals surface area contributed by atoms with Crippen LogP contribution in [0.15, 0.2) is 47.5 Å². The minimum Gasteiger partial charge on any atom is -0.338 e. The molecule has 1 aromatic carbocycles. The van der Waals surface area contributed by atoms with Gasteiger partial charge in [0.15, 0.2) is 0 Å². The number of rotatable bonds is 4. The van der Waals surface area contributed by atoms with Crippen molar-refractivity contribution in [3.8, 4) is 6.07 Å². The number of amides is 1. The van der Waals surface area contributed by atoms with Crippen molar-refractivity contribution in [1.29, 1.82) is 5.26 Å². The lowest BCUT2D eigenvalue weighted by Gasteiger charge is -2.32. The fraction of sp³-hybridized carbons (Fsp3) is 0.300. The minimum absolute atomic E-state index is 0.0156. The third-order valence-electron chi connectivity index (χ3n) is 4.90. The van der Waals surface area contributed by atoms with Gasteiger partial charge >= 0.3 is 0 Å². The maximum absolute atomic E-state index is 12.9. The van der Waals surface area contributed by atoms with Crippen LogP contribution in [0.5, 0.6) is 0 Å². The molecule has 1 aliphatic rings. The Hall–Kier alpha value is -2.98. The predicted molar refractivity (Wildman–Crippen MR) is 102 cm³/mol. The maximum atomic E-state index is 12.9. The van der Waals surface area contributed by atoms with Crippen molar-refractivity contribution >= 4 is 17.2 Å². The van der Waals surface area contributed by atoms with Gasteiger partial charge < -0.3 is 9.47 Å². The summed E-state index contributed by atoms with van der Waals surface area (Å²) in [7, 11) is 0. The van der Waals surface area contributed by atoms with Crippen molar-refractivity contribution in [2.45, 2.75) is 25.3 Å². The van der Waals surface area contributed by atoms with Crippen molar-refractivity contribution in [1.82, 2.24) is 19.4 Å². The largest absolute Gasteiger partial charge is 0.338 e. The Morgan fingerprint density at radius 2 is 2.15 bits per heavy atom. The first kappa shape index (κ1) is 17.4. The van der Waals surface area contributed by atoms with Crippen LogP contribution in [-0.2, 0) is 6.54 Å². The molecular weight excluding hydrogens is 358 g/mol. The summed E-state index contributed by atoms with van der Waals surface area (Å²) in [6.45, 7) is 2.12. The Kier molecular flexibility index (Phi) is 4.99. The van der Waals surface area contributed by atoms with Crippen LogP contribution in [0.2, 0.25) is 0 Å². The predicted octanol–water partition coefficient (Wildman–Crippen LogP) is 3.28. The van der Waals surface area contributed by atoms with Gasteiger partial charge in [-0.3, -0.25) is 4.79 Å². The lowest BCUT2D eigenvalue weighted by atomic mass is 9.96. The fourth-order valence-corrected chi connectivity index (χ4v) is 4.10. The number of aromatic nitrogens is 3. The zero-order chi connectivity index (χ0) is 18.6. The topological polar surface area (TPSA) is 74.8 Å². The molecule has 4 rings (SSSR count). The first-order valence-corrected chi connectivity index (χ1v) is 9.86. The highest BCUT2D eigenvalue weighted by Gasteiger charge is 2.28. The zero-order valence-electron chi connectivity index (χ0n) is 14.8. The van der Waals surface area contributed by atoms with Crippen LogP contribution in [-0.4, -0.2) is 38.4 Å². The monoisotopic (exact) mass is 377 g/mol. The van der Waals surface area contributed by atoms with Crippen LogP contribution in [0, 0.1) is 11.3 Å². The first-order chi connectivity index (χ1) is 13.2. The molecule has 1 amide bonds. The van der Waals surface area contributed by atoms with Gasteiger partial charge in [0.25, 0.3) is 5.91 Å². The van der Waals surface area contributed by atoms with Gasteiger partial charge in [-0.2, -0.15) is 5.26 Å². The second-order valence-corrected chi connectivity index (χ2v) is 7.39. The molecule has 1 atom stereocenters. The summed E-state index contributed by atoms with van der Waals surface area (Å²) < 4.78 is 2.13. The molecule has 3 heterocycles. The number of nitrogens with zero attached hydrogens (tertiary/aromatic N) is 5. The molecule has 27 heavy (non-hydrogen) atoms. The molecule has 0 radical (unpaired) electrons. The van der Waals surface area contributed by atoms with E-state index < -0.39 is 0 Å². The number of hydrogen-bond donors (Lipinski definition) is 0. The van der Waals surface area contributed by atoms with E-state index in [0.29, 0.717) is 24.2 Å². The molecule has 0 saturated carbocycles.